The number of ether oxygens (including phenoxy) is 2. The molecule has 2 aromatic heterocycles. The fourth-order valence-corrected chi connectivity index (χ4v) is 3.92. The number of fused-ring (bicyclic) bond motifs is 3. The fraction of sp³-hybridized carbons (Fsp3) is 0.647. The zero-order chi connectivity index (χ0) is 20.8. The molecule has 4 rings (SSSR count). The van der Waals surface area contributed by atoms with Crippen molar-refractivity contribution in [3.8, 4) is 0 Å². The number of nitrogens with one attached hydrogen (secondary N) is 2. The Bertz CT molecular complexity index is 1060. The van der Waals surface area contributed by atoms with Gasteiger partial charge in [-0.3, -0.25) is 24.5 Å². The van der Waals surface area contributed by atoms with E-state index in [-0.39, 0.29) is 28.9 Å². The standard InChI is InChI=1S/C17H22N8O4/c1-4-17-5-6-28-10(11(17)23-24-18)15(29-17)25-7-19-9-12(25)20-16(22-14(9)27)21-13(26)8(2)3/h7-8,10-11,15H,4-6H2,1-3H3,(H2,20,21,22,26,27)/t10-,11+,15-,17+/m1/s1. The van der Waals surface area contributed by atoms with Crippen molar-refractivity contribution in [2.24, 2.45) is 11.0 Å². The summed E-state index contributed by atoms with van der Waals surface area (Å²) in [6.07, 6.45) is 1.49. The van der Waals surface area contributed by atoms with E-state index in [0.717, 1.165) is 0 Å². The van der Waals surface area contributed by atoms with E-state index in [1.54, 1.807) is 18.4 Å². The first kappa shape index (κ1) is 19.4. The average Bonchev–Trinajstić information content (AvgIpc) is 3.17. The van der Waals surface area contributed by atoms with Crippen LogP contribution in [-0.2, 0) is 14.3 Å². The summed E-state index contributed by atoms with van der Waals surface area (Å²) in [5.74, 6) is -0.523. The lowest BCUT2D eigenvalue weighted by atomic mass is 9.85. The van der Waals surface area contributed by atoms with Crippen LogP contribution in [0.25, 0.3) is 21.6 Å². The SMILES string of the molecule is CC[C@@]12CCO[C@@H]([C@H](n3cnc4c(=O)[nH]c(NC(=O)C(C)C)nc43)O1)[C@@H]2N=[N+]=[N-]. The Kier molecular flexibility index (Phi) is 4.77. The smallest absolute Gasteiger partial charge is 0.280 e. The molecule has 2 aliphatic heterocycles. The van der Waals surface area contributed by atoms with E-state index in [1.807, 2.05) is 6.92 Å². The van der Waals surface area contributed by atoms with Crippen molar-refractivity contribution < 1.29 is 14.3 Å². The van der Waals surface area contributed by atoms with E-state index in [1.165, 1.54) is 6.33 Å². The predicted octanol–water partition coefficient (Wildman–Crippen LogP) is 1.86. The third-order valence-corrected chi connectivity index (χ3v) is 5.57. The summed E-state index contributed by atoms with van der Waals surface area (Å²) in [5, 5.41) is 6.53. The molecule has 2 N–H and O–H groups in total. The zero-order valence-corrected chi connectivity index (χ0v) is 16.3. The van der Waals surface area contributed by atoms with E-state index >= 15 is 0 Å². The van der Waals surface area contributed by atoms with Gasteiger partial charge in [-0.1, -0.05) is 25.9 Å². The van der Waals surface area contributed by atoms with Crippen molar-refractivity contribution in [3.63, 3.8) is 0 Å². The van der Waals surface area contributed by atoms with Gasteiger partial charge in [-0.25, -0.2) is 4.98 Å². The molecule has 29 heavy (non-hydrogen) atoms. The van der Waals surface area contributed by atoms with Gasteiger partial charge in [-0.05, 0) is 12.0 Å². The van der Waals surface area contributed by atoms with Crippen molar-refractivity contribution in [1.29, 1.82) is 0 Å². The minimum Gasteiger partial charge on any atom is -0.373 e. The molecule has 2 fully saturated rings. The number of hydrogen-bond acceptors (Lipinski definition) is 7. The van der Waals surface area contributed by atoms with Gasteiger partial charge in [0.1, 0.15) is 6.10 Å². The van der Waals surface area contributed by atoms with E-state index < -0.39 is 29.5 Å². The second-order valence-corrected chi connectivity index (χ2v) is 7.54. The number of carbonyl (C=O) groups excluding carboxylic acids is 1. The molecule has 12 heteroatoms. The molecule has 154 valence electrons. The highest BCUT2D eigenvalue weighted by Gasteiger charge is 2.57. The number of aromatic amines is 1. The third kappa shape index (κ3) is 3.05. The molecule has 0 saturated carbocycles. The van der Waals surface area contributed by atoms with Gasteiger partial charge in [0, 0.05) is 23.9 Å². The molecular formula is C17H22N8O4. The monoisotopic (exact) mass is 402 g/mol. The summed E-state index contributed by atoms with van der Waals surface area (Å²) < 4.78 is 13.8. The molecule has 2 aromatic rings. The van der Waals surface area contributed by atoms with Gasteiger partial charge in [0.25, 0.3) is 5.56 Å². The maximum absolute atomic E-state index is 12.4. The normalized spacial score (nSPS) is 28.5. The van der Waals surface area contributed by atoms with Crippen molar-refractivity contribution in [1.82, 2.24) is 19.5 Å². The molecule has 2 bridgehead atoms. The van der Waals surface area contributed by atoms with Gasteiger partial charge >= 0.3 is 0 Å². The van der Waals surface area contributed by atoms with Crippen molar-refractivity contribution in [3.05, 3.63) is 27.1 Å². The topological polar surface area (TPSA) is 160 Å². The van der Waals surface area contributed by atoms with Crippen LogP contribution in [0.15, 0.2) is 16.2 Å². The number of rotatable bonds is 5. The summed E-state index contributed by atoms with van der Waals surface area (Å²) in [7, 11) is 0. The predicted molar refractivity (Wildman–Crippen MR) is 102 cm³/mol. The van der Waals surface area contributed by atoms with Crippen molar-refractivity contribution >= 4 is 23.0 Å². The van der Waals surface area contributed by atoms with Gasteiger partial charge in [-0.2, -0.15) is 4.98 Å². The Hall–Kier alpha value is -2.95. The summed E-state index contributed by atoms with van der Waals surface area (Å²) >= 11 is 0. The quantitative estimate of drug-likeness (QED) is 0.441. The molecule has 2 aliphatic rings. The number of nitrogens with zero attached hydrogens (tertiary/aromatic N) is 6. The van der Waals surface area contributed by atoms with Crippen LogP contribution in [-0.4, -0.2) is 49.8 Å². The lowest BCUT2D eigenvalue weighted by Gasteiger charge is -2.35. The van der Waals surface area contributed by atoms with E-state index in [0.29, 0.717) is 19.4 Å². The van der Waals surface area contributed by atoms with Gasteiger partial charge in [0.05, 0.1) is 18.0 Å². The lowest BCUT2D eigenvalue weighted by molar-refractivity contribution is -0.118. The van der Waals surface area contributed by atoms with E-state index in [2.05, 4.69) is 30.3 Å². The molecule has 0 spiro atoms. The van der Waals surface area contributed by atoms with Crippen LogP contribution in [0.1, 0.15) is 39.8 Å². The first-order valence-corrected chi connectivity index (χ1v) is 9.51. The minimum absolute atomic E-state index is 0.0293. The molecule has 0 aliphatic carbocycles. The summed E-state index contributed by atoms with van der Waals surface area (Å²) in [6, 6.07) is -0.504. The van der Waals surface area contributed by atoms with E-state index in [9.17, 15) is 9.59 Å². The van der Waals surface area contributed by atoms with Gasteiger partial charge in [-0.15, -0.1) is 0 Å². The maximum Gasteiger partial charge on any atom is 0.280 e. The summed E-state index contributed by atoms with van der Waals surface area (Å²) in [4.78, 5) is 38.4. The number of imidazole rings is 1. The highest BCUT2D eigenvalue weighted by atomic mass is 16.6. The molecule has 4 atom stereocenters. The van der Waals surface area contributed by atoms with Crippen LogP contribution in [0.3, 0.4) is 0 Å². The van der Waals surface area contributed by atoms with Crippen molar-refractivity contribution in [2.45, 2.75) is 57.6 Å². The molecule has 12 nitrogen and oxygen atoms in total. The zero-order valence-electron chi connectivity index (χ0n) is 16.3. The molecule has 0 radical (unpaired) electrons. The number of aromatic nitrogens is 4. The van der Waals surface area contributed by atoms with Gasteiger partial charge < -0.3 is 9.47 Å². The molecular weight excluding hydrogens is 380 g/mol. The Balaban J connectivity index is 1.78. The fourth-order valence-electron chi connectivity index (χ4n) is 3.92. The Morgan fingerprint density at radius 1 is 1.59 bits per heavy atom. The average molecular weight is 402 g/mol. The molecule has 1 amide bonds. The molecule has 4 heterocycles. The Morgan fingerprint density at radius 3 is 3.07 bits per heavy atom. The highest BCUT2D eigenvalue weighted by Crippen LogP contribution is 2.48. The number of H-pyrrole nitrogens is 1. The first-order chi connectivity index (χ1) is 13.9. The number of amides is 1. The summed E-state index contributed by atoms with van der Waals surface area (Å²) in [6.45, 7) is 5.92. The van der Waals surface area contributed by atoms with Crippen LogP contribution in [0.5, 0.6) is 0 Å². The van der Waals surface area contributed by atoms with Crippen LogP contribution in [0.4, 0.5) is 5.95 Å². The van der Waals surface area contributed by atoms with Crippen LogP contribution < -0.4 is 10.9 Å². The highest BCUT2D eigenvalue weighted by molar-refractivity contribution is 5.91. The van der Waals surface area contributed by atoms with Crippen LogP contribution in [0, 0.1) is 5.92 Å². The van der Waals surface area contributed by atoms with Gasteiger partial charge in [0.2, 0.25) is 11.9 Å². The van der Waals surface area contributed by atoms with E-state index in [4.69, 9.17) is 15.0 Å². The molecule has 0 aromatic carbocycles. The molecule has 2 saturated heterocycles. The summed E-state index contributed by atoms with van der Waals surface area (Å²) in [5.41, 5.74) is 8.25. The minimum atomic E-state index is -0.666. The maximum atomic E-state index is 12.4. The first-order valence-electron chi connectivity index (χ1n) is 9.51. The third-order valence-electron chi connectivity index (χ3n) is 5.57. The largest absolute Gasteiger partial charge is 0.373 e. The number of anilines is 1. The van der Waals surface area contributed by atoms with Crippen LogP contribution >= 0.6 is 0 Å². The lowest BCUT2D eigenvalue weighted by Crippen LogP contribution is -2.47. The Morgan fingerprint density at radius 2 is 2.38 bits per heavy atom. The number of hydrogen-bond donors (Lipinski definition) is 2. The van der Waals surface area contributed by atoms with Gasteiger partial charge in [0.15, 0.2) is 17.4 Å². The number of azide groups is 1. The second kappa shape index (κ2) is 7.14. The van der Waals surface area contributed by atoms with Crippen molar-refractivity contribution in [2.75, 3.05) is 11.9 Å². The number of carbonyl (C=O) groups is 1. The van der Waals surface area contributed by atoms with Crippen LogP contribution in [0.2, 0.25) is 0 Å². The molecule has 0 unspecified atom stereocenters. The second-order valence-electron chi connectivity index (χ2n) is 7.54. The Labute approximate surface area is 165 Å².